The van der Waals surface area contributed by atoms with Gasteiger partial charge in [-0.2, -0.15) is 4.98 Å². The van der Waals surface area contributed by atoms with E-state index < -0.39 is 0 Å². The first-order valence-corrected chi connectivity index (χ1v) is 5.45. The summed E-state index contributed by atoms with van der Waals surface area (Å²) in [4.78, 5) is 14.7. The number of nitrogen functional groups attached to an aromatic ring is 1. The Bertz CT molecular complexity index is 715. The van der Waals surface area contributed by atoms with Gasteiger partial charge in [0.05, 0.1) is 5.69 Å². The third kappa shape index (κ3) is 1.62. The summed E-state index contributed by atoms with van der Waals surface area (Å²) in [7, 11) is 0. The molecule has 5 nitrogen and oxygen atoms in total. The number of pyridine rings is 1. The molecule has 0 unspecified atom stereocenters. The number of aldehydes is 1. The zero-order chi connectivity index (χ0) is 12.5. The molecule has 2 heterocycles. The van der Waals surface area contributed by atoms with Crippen LogP contribution in [0.4, 0.5) is 5.95 Å². The minimum absolute atomic E-state index is 0.243. The van der Waals surface area contributed by atoms with E-state index in [4.69, 9.17) is 5.73 Å². The van der Waals surface area contributed by atoms with E-state index in [1.165, 1.54) is 0 Å². The summed E-state index contributed by atoms with van der Waals surface area (Å²) in [6.45, 7) is 0. The quantitative estimate of drug-likeness (QED) is 0.691. The maximum Gasteiger partial charge on any atom is 0.240 e. The number of hydrogen-bond donors (Lipinski definition) is 1. The van der Waals surface area contributed by atoms with Crippen molar-refractivity contribution < 1.29 is 4.79 Å². The third-order valence-electron chi connectivity index (χ3n) is 2.72. The highest BCUT2D eigenvalue weighted by molar-refractivity contribution is 5.76. The van der Waals surface area contributed by atoms with Gasteiger partial charge in [-0.1, -0.05) is 30.3 Å². The van der Waals surface area contributed by atoms with Gasteiger partial charge in [0.15, 0.2) is 5.65 Å². The van der Waals surface area contributed by atoms with Crippen LogP contribution in [0.5, 0.6) is 0 Å². The molecule has 0 aliphatic heterocycles. The smallest absolute Gasteiger partial charge is 0.240 e. The van der Waals surface area contributed by atoms with Crippen molar-refractivity contribution in [3.05, 3.63) is 48.0 Å². The van der Waals surface area contributed by atoms with Crippen molar-refractivity contribution in [3.63, 3.8) is 0 Å². The fourth-order valence-corrected chi connectivity index (χ4v) is 1.87. The molecule has 0 saturated heterocycles. The van der Waals surface area contributed by atoms with Gasteiger partial charge < -0.3 is 5.73 Å². The van der Waals surface area contributed by atoms with Gasteiger partial charge in [-0.05, 0) is 12.1 Å². The van der Waals surface area contributed by atoms with Crippen LogP contribution < -0.4 is 5.73 Å². The molecule has 5 heteroatoms. The van der Waals surface area contributed by atoms with Crippen molar-refractivity contribution in [2.45, 2.75) is 0 Å². The number of aromatic nitrogens is 3. The molecule has 0 amide bonds. The van der Waals surface area contributed by atoms with Crippen LogP contribution in [0.2, 0.25) is 0 Å². The summed E-state index contributed by atoms with van der Waals surface area (Å²) in [5.74, 6) is 0.243. The van der Waals surface area contributed by atoms with Crippen LogP contribution in [0, 0.1) is 0 Å². The SMILES string of the molecule is Nc1nc2cccc(-c3ccc(C=O)cc3)n2n1. The summed E-state index contributed by atoms with van der Waals surface area (Å²) in [6.07, 6.45) is 0.817. The number of fused-ring (bicyclic) bond motifs is 1. The van der Waals surface area contributed by atoms with E-state index in [1.807, 2.05) is 30.3 Å². The lowest BCUT2D eigenvalue weighted by Crippen LogP contribution is -1.94. The molecule has 3 aromatic rings. The Morgan fingerprint density at radius 3 is 2.61 bits per heavy atom. The summed E-state index contributed by atoms with van der Waals surface area (Å²) >= 11 is 0. The largest absolute Gasteiger partial charge is 0.366 e. The Hall–Kier alpha value is -2.69. The molecule has 2 aromatic heterocycles. The number of carbonyl (C=O) groups excluding carboxylic acids is 1. The molecule has 1 aromatic carbocycles. The molecule has 0 radical (unpaired) electrons. The molecule has 0 aliphatic rings. The predicted molar refractivity (Wildman–Crippen MR) is 68.2 cm³/mol. The fourth-order valence-electron chi connectivity index (χ4n) is 1.87. The second-order valence-corrected chi connectivity index (χ2v) is 3.89. The van der Waals surface area contributed by atoms with E-state index >= 15 is 0 Å². The first-order chi connectivity index (χ1) is 8.78. The minimum Gasteiger partial charge on any atom is -0.366 e. The Balaban J connectivity index is 2.20. The molecular formula is C13H10N4O. The van der Waals surface area contributed by atoms with Crippen LogP contribution in [-0.4, -0.2) is 20.9 Å². The maximum absolute atomic E-state index is 10.6. The molecule has 88 valence electrons. The van der Waals surface area contributed by atoms with Crippen LogP contribution in [0.25, 0.3) is 16.9 Å². The van der Waals surface area contributed by atoms with Crippen LogP contribution in [0.3, 0.4) is 0 Å². The van der Waals surface area contributed by atoms with Crippen LogP contribution in [0.15, 0.2) is 42.5 Å². The summed E-state index contributed by atoms with van der Waals surface area (Å²) in [5, 5.41) is 4.15. The van der Waals surface area contributed by atoms with Crippen molar-refractivity contribution in [2.75, 3.05) is 5.73 Å². The highest BCUT2D eigenvalue weighted by Crippen LogP contribution is 2.20. The van der Waals surface area contributed by atoms with Gasteiger partial charge in [0.2, 0.25) is 5.95 Å². The van der Waals surface area contributed by atoms with Crippen LogP contribution >= 0.6 is 0 Å². The molecule has 2 N–H and O–H groups in total. The summed E-state index contributed by atoms with van der Waals surface area (Å²) in [6, 6.07) is 12.9. The minimum atomic E-state index is 0.243. The zero-order valence-corrected chi connectivity index (χ0v) is 9.45. The maximum atomic E-state index is 10.6. The summed E-state index contributed by atoms with van der Waals surface area (Å²) in [5.41, 5.74) is 8.77. The topological polar surface area (TPSA) is 73.3 Å². The van der Waals surface area contributed by atoms with Gasteiger partial charge in [0.1, 0.15) is 6.29 Å². The first-order valence-electron chi connectivity index (χ1n) is 5.45. The monoisotopic (exact) mass is 238 g/mol. The molecule has 0 aliphatic carbocycles. The highest BCUT2D eigenvalue weighted by Gasteiger charge is 2.06. The highest BCUT2D eigenvalue weighted by atomic mass is 16.1. The first kappa shape index (κ1) is 10.5. The number of rotatable bonds is 2. The Morgan fingerprint density at radius 1 is 1.11 bits per heavy atom. The average molecular weight is 238 g/mol. The lowest BCUT2D eigenvalue weighted by atomic mass is 10.1. The lowest BCUT2D eigenvalue weighted by Gasteiger charge is -2.03. The fraction of sp³-hybridized carbons (Fsp3) is 0. The lowest BCUT2D eigenvalue weighted by molar-refractivity contribution is 0.112. The molecule has 0 saturated carbocycles. The van der Waals surface area contributed by atoms with Crippen molar-refractivity contribution in [1.82, 2.24) is 14.6 Å². The van der Waals surface area contributed by atoms with Gasteiger partial charge in [-0.3, -0.25) is 4.79 Å². The number of benzene rings is 1. The predicted octanol–water partition coefficient (Wildman–Crippen LogP) is 1.79. The standard InChI is InChI=1S/C13H10N4O/c14-13-15-12-3-1-2-11(17(12)16-13)10-6-4-9(8-18)5-7-10/h1-8H,(H2,14,16). The van der Waals surface area contributed by atoms with E-state index in [0.29, 0.717) is 11.2 Å². The van der Waals surface area contributed by atoms with E-state index in [0.717, 1.165) is 17.5 Å². The van der Waals surface area contributed by atoms with Gasteiger partial charge in [0.25, 0.3) is 0 Å². The van der Waals surface area contributed by atoms with Crippen molar-refractivity contribution in [3.8, 4) is 11.3 Å². The third-order valence-corrected chi connectivity index (χ3v) is 2.72. The van der Waals surface area contributed by atoms with Gasteiger partial charge in [0, 0.05) is 11.1 Å². The van der Waals surface area contributed by atoms with Crippen LogP contribution in [-0.2, 0) is 0 Å². The van der Waals surface area contributed by atoms with Crippen LogP contribution in [0.1, 0.15) is 10.4 Å². The molecule has 3 rings (SSSR count). The molecule has 0 spiro atoms. The normalized spacial score (nSPS) is 10.7. The van der Waals surface area contributed by atoms with E-state index in [9.17, 15) is 4.79 Å². The molecule has 0 fully saturated rings. The number of hydrogen-bond acceptors (Lipinski definition) is 4. The van der Waals surface area contributed by atoms with E-state index in [-0.39, 0.29) is 5.95 Å². The second kappa shape index (κ2) is 3.96. The Labute approximate surface area is 103 Å². The van der Waals surface area contributed by atoms with Gasteiger partial charge in [-0.15, -0.1) is 5.10 Å². The Kier molecular flexibility index (Phi) is 2.30. The molecule has 18 heavy (non-hydrogen) atoms. The number of anilines is 1. The zero-order valence-electron chi connectivity index (χ0n) is 9.45. The summed E-state index contributed by atoms with van der Waals surface area (Å²) < 4.78 is 1.69. The van der Waals surface area contributed by atoms with Crippen molar-refractivity contribution >= 4 is 17.9 Å². The Morgan fingerprint density at radius 2 is 1.89 bits per heavy atom. The molecule has 0 atom stereocenters. The average Bonchev–Trinajstić information content (AvgIpc) is 2.79. The molecule has 0 bridgehead atoms. The van der Waals surface area contributed by atoms with Gasteiger partial charge >= 0.3 is 0 Å². The van der Waals surface area contributed by atoms with E-state index in [1.54, 1.807) is 16.6 Å². The van der Waals surface area contributed by atoms with Gasteiger partial charge in [-0.25, -0.2) is 4.52 Å². The van der Waals surface area contributed by atoms with Crippen molar-refractivity contribution in [1.29, 1.82) is 0 Å². The number of nitrogens with two attached hydrogens (primary N) is 1. The van der Waals surface area contributed by atoms with E-state index in [2.05, 4.69) is 10.1 Å². The van der Waals surface area contributed by atoms with Crippen molar-refractivity contribution in [2.24, 2.45) is 0 Å². The number of nitrogens with zero attached hydrogens (tertiary/aromatic N) is 3. The number of carbonyl (C=O) groups is 1. The molecular weight excluding hydrogens is 228 g/mol. The second-order valence-electron chi connectivity index (χ2n) is 3.89.